The zero-order valence-electron chi connectivity index (χ0n) is 11.4. The van der Waals surface area contributed by atoms with Crippen molar-refractivity contribution >= 4 is 11.3 Å². The van der Waals surface area contributed by atoms with Crippen LogP contribution in [0.1, 0.15) is 43.9 Å². The SMILES string of the molecule is CCNC(CCc1cccs1)CC1CCCCO1. The molecule has 1 aromatic rings. The van der Waals surface area contributed by atoms with Gasteiger partial charge in [-0.2, -0.15) is 0 Å². The number of rotatable bonds is 7. The second-order valence-corrected chi connectivity index (χ2v) is 6.13. The summed E-state index contributed by atoms with van der Waals surface area (Å²) in [6.45, 7) is 4.22. The Kier molecular flexibility index (Phi) is 6.18. The number of thiophene rings is 1. The number of hydrogen-bond acceptors (Lipinski definition) is 3. The van der Waals surface area contributed by atoms with Crippen molar-refractivity contribution in [2.75, 3.05) is 13.2 Å². The maximum atomic E-state index is 5.85. The lowest BCUT2D eigenvalue weighted by Crippen LogP contribution is -2.35. The van der Waals surface area contributed by atoms with E-state index in [-0.39, 0.29) is 0 Å². The largest absolute Gasteiger partial charge is 0.378 e. The molecule has 0 radical (unpaired) electrons. The van der Waals surface area contributed by atoms with Crippen LogP contribution < -0.4 is 5.32 Å². The van der Waals surface area contributed by atoms with Crippen molar-refractivity contribution in [3.05, 3.63) is 22.4 Å². The molecule has 0 aromatic carbocycles. The maximum absolute atomic E-state index is 5.85. The molecule has 2 unspecified atom stereocenters. The molecule has 1 saturated heterocycles. The van der Waals surface area contributed by atoms with Crippen molar-refractivity contribution in [2.45, 2.75) is 57.6 Å². The standard InChI is InChI=1S/C15H25NOS/c1-2-16-13(8-9-15-7-5-11-18-15)12-14-6-3-4-10-17-14/h5,7,11,13-14,16H,2-4,6,8-10,12H2,1H3. The topological polar surface area (TPSA) is 21.3 Å². The van der Waals surface area contributed by atoms with Crippen LogP contribution in [0.25, 0.3) is 0 Å². The Balaban J connectivity index is 1.75. The minimum atomic E-state index is 0.492. The Labute approximate surface area is 115 Å². The first-order chi connectivity index (χ1) is 8.88. The van der Waals surface area contributed by atoms with E-state index in [1.54, 1.807) is 0 Å². The highest BCUT2D eigenvalue weighted by molar-refractivity contribution is 7.09. The van der Waals surface area contributed by atoms with E-state index in [0.717, 1.165) is 13.2 Å². The lowest BCUT2D eigenvalue weighted by molar-refractivity contribution is 0.00485. The van der Waals surface area contributed by atoms with Crippen molar-refractivity contribution < 1.29 is 4.74 Å². The van der Waals surface area contributed by atoms with E-state index in [1.165, 1.54) is 43.4 Å². The molecule has 2 rings (SSSR count). The average molecular weight is 267 g/mol. The van der Waals surface area contributed by atoms with E-state index in [9.17, 15) is 0 Å². The van der Waals surface area contributed by atoms with Gasteiger partial charge >= 0.3 is 0 Å². The Morgan fingerprint density at radius 3 is 3.11 bits per heavy atom. The smallest absolute Gasteiger partial charge is 0.0590 e. The van der Waals surface area contributed by atoms with Crippen LogP contribution in [0, 0.1) is 0 Å². The van der Waals surface area contributed by atoms with E-state index < -0.39 is 0 Å². The number of ether oxygens (including phenoxy) is 1. The van der Waals surface area contributed by atoms with E-state index >= 15 is 0 Å². The van der Waals surface area contributed by atoms with Gasteiger partial charge in [-0.3, -0.25) is 0 Å². The second kappa shape index (κ2) is 7.93. The molecular formula is C15H25NOS. The van der Waals surface area contributed by atoms with Crippen molar-refractivity contribution in [3.63, 3.8) is 0 Å². The third-order valence-corrected chi connectivity index (χ3v) is 4.57. The van der Waals surface area contributed by atoms with Crippen LogP contribution >= 0.6 is 11.3 Å². The summed E-state index contributed by atoms with van der Waals surface area (Å²) in [7, 11) is 0. The zero-order valence-corrected chi connectivity index (χ0v) is 12.2. The zero-order chi connectivity index (χ0) is 12.6. The third kappa shape index (κ3) is 4.71. The third-order valence-electron chi connectivity index (χ3n) is 3.63. The van der Waals surface area contributed by atoms with Gasteiger partial charge in [0.05, 0.1) is 6.10 Å². The van der Waals surface area contributed by atoms with Crippen LogP contribution in [-0.2, 0) is 11.2 Å². The van der Waals surface area contributed by atoms with E-state index in [2.05, 4.69) is 29.8 Å². The second-order valence-electron chi connectivity index (χ2n) is 5.10. The Bertz CT molecular complexity index is 306. The summed E-state index contributed by atoms with van der Waals surface area (Å²) in [4.78, 5) is 1.50. The summed E-state index contributed by atoms with van der Waals surface area (Å²) in [5.74, 6) is 0. The molecule has 3 heteroatoms. The van der Waals surface area contributed by atoms with Gasteiger partial charge in [0.15, 0.2) is 0 Å². The minimum absolute atomic E-state index is 0.492. The van der Waals surface area contributed by atoms with Gasteiger partial charge in [0, 0.05) is 17.5 Å². The van der Waals surface area contributed by atoms with Gasteiger partial charge in [-0.05, 0) is 56.5 Å². The molecule has 1 aliphatic heterocycles. The maximum Gasteiger partial charge on any atom is 0.0590 e. The predicted molar refractivity (Wildman–Crippen MR) is 78.3 cm³/mol. The summed E-state index contributed by atoms with van der Waals surface area (Å²) < 4.78 is 5.85. The summed E-state index contributed by atoms with van der Waals surface area (Å²) in [5.41, 5.74) is 0. The Hall–Kier alpha value is -0.380. The van der Waals surface area contributed by atoms with Crippen LogP contribution in [0.15, 0.2) is 17.5 Å². The molecule has 1 aromatic heterocycles. The van der Waals surface area contributed by atoms with Gasteiger partial charge in [-0.25, -0.2) is 0 Å². The molecule has 0 aliphatic carbocycles. The summed E-state index contributed by atoms with van der Waals surface area (Å²) in [6, 6.07) is 5.00. The molecule has 0 amide bonds. The number of nitrogens with one attached hydrogen (secondary N) is 1. The highest BCUT2D eigenvalue weighted by Crippen LogP contribution is 2.20. The van der Waals surface area contributed by atoms with Crippen molar-refractivity contribution in [1.29, 1.82) is 0 Å². The quantitative estimate of drug-likeness (QED) is 0.814. The lowest BCUT2D eigenvalue weighted by atomic mass is 9.98. The summed E-state index contributed by atoms with van der Waals surface area (Å²) >= 11 is 1.87. The van der Waals surface area contributed by atoms with Crippen LogP contribution in [0.2, 0.25) is 0 Å². The van der Waals surface area contributed by atoms with Crippen molar-refractivity contribution in [1.82, 2.24) is 5.32 Å². The van der Waals surface area contributed by atoms with Crippen LogP contribution in [0.3, 0.4) is 0 Å². The van der Waals surface area contributed by atoms with Crippen LogP contribution in [0.4, 0.5) is 0 Å². The van der Waals surface area contributed by atoms with Crippen molar-refractivity contribution in [2.24, 2.45) is 0 Å². The monoisotopic (exact) mass is 267 g/mol. The molecule has 0 spiro atoms. The Morgan fingerprint density at radius 2 is 2.44 bits per heavy atom. The average Bonchev–Trinajstić information content (AvgIpc) is 2.91. The summed E-state index contributed by atoms with van der Waals surface area (Å²) in [5, 5.41) is 5.79. The van der Waals surface area contributed by atoms with Crippen LogP contribution in [-0.4, -0.2) is 25.3 Å². The van der Waals surface area contributed by atoms with Gasteiger partial charge < -0.3 is 10.1 Å². The molecule has 0 saturated carbocycles. The van der Waals surface area contributed by atoms with Gasteiger partial charge in [0.25, 0.3) is 0 Å². The number of hydrogen-bond donors (Lipinski definition) is 1. The normalized spacial score (nSPS) is 21.9. The molecule has 1 N–H and O–H groups in total. The lowest BCUT2D eigenvalue weighted by Gasteiger charge is -2.27. The van der Waals surface area contributed by atoms with E-state index in [4.69, 9.17) is 4.74 Å². The van der Waals surface area contributed by atoms with Gasteiger partial charge in [-0.1, -0.05) is 13.0 Å². The predicted octanol–water partition coefficient (Wildman–Crippen LogP) is 3.62. The van der Waals surface area contributed by atoms with Gasteiger partial charge in [0.1, 0.15) is 0 Å². The molecule has 18 heavy (non-hydrogen) atoms. The van der Waals surface area contributed by atoms with Crippen molar-refractivity contribution in [3.8, 4) is 0 Å². The van der Waals surface area contributed by atoms with Gasteiger partial charge in [0.2, 0.25) is 0 Å². The minimum Gasteiger partial charge on any atom is -0.378 e. The molecule has 1 fully saturated rings. The van der Waals surface area contributed by atoms with E-state index in [0.29, 0.717) is 12.1 Å². The summed E-state index contributed by atoms with van der Waals surface area (Å²) in [6.07, 6.45) is 7.94. The fraction of sp³-hybridized carbons (Fsp3) is 0.733. The molecule has 2 nitrogen and oxygen atoms in total. The first-order valence-corrected chi connectivity index (χ1v) is 8.14. The molecule has 2 heterocycles. The molecule has 2 atom stereocenters. The molecular weight excluding hydrogens is 242 g/mol. The number of aryl methyl sites for hydroxylation is 1. The molecule has 0 bridgehead atoms. The fourth-order valence-electron chi connectivity index (χ4n) is 2.67. The van der Waals surface area contributed by atoms with Gasteiger partial charge in [-0.15, -0.1) is 11.3 Å². The fourth-order valence-corrected chi connectivity index (χ4v) is 3.40. The highest BCUT2D eigenvalue weighted by atomic mass is 32.1. The Morgan fingerprint density at radius 1 is 1.50 bits per heavy atom. The van der Waals surface area contributed by atoms with Crippen LogP contribution in [0.5, 0.6) is 0 Å². The first kappa shape index (κ1) is 14.0. The molecule has 102 valence electrons. The highest BCUT2D eigenvalue weighted by Gasteiger charge is 2.19. The first-order valence-electron chi connectivity index (χ1n) is 7.26. The van der Waals surface area contributed by atoms with E-state index in [1.807, 2.05) is 11.3 Å². The molecule has 1 aliphatic rings.